The Morgan fingerprint density at radius 2 is 1.24 bits per heavy atom. The lowest BCUT2D eigenvalue weighted by molar-refractivity contribution is -0.116. The van der Waals surface area contributed by atoms with Gasteiger partial charge in [-0.1, -0.05) is 35.3 Å². The maximum absolute atomic E-state index is 11.8. The van der Waals surface area contributed by atoms with E-state index in [0.29, 0.717) is 45.8 Å². The highest BCUT2D eigenvalue weighted by molar-refractivity contribution is 7.99. The van der Waals surface area contributed by atoms with Crippen LogP contribution < -0.4 is 10.6 Å². The summed E-state index contributed by atoms with van der Waals surface area (Å²) in [6, 6.07) is 14.0. The molecule has 0 saturated carbocycles. The molecule has 2 N–H and O–H groups in total. The van der Waals surface area contributed by atoms with Crippen molar-refractivity contribution in [2.45, 2.75) is 12.8 Å². The van der Waals surface area contributed by atoms with Crippen LogP contribution in [-0.2, 0) is 9.59 Å². The quantitative estimate of drug-likeness (QED) is 0.611. The van der Waals surface area contributed by atoms with E-state index in [1.807, 2.05) is 0 Å². The first-order chi connectivity index (χ1) is 12.0. The Morgan fingerprint density at radius 3 is 1.64 bits per heavy atom. The van der Waals surface area contributed by atoms with Crippen molar-refractivity contribution in [3.8, 4) is 0 Å². The van der Waals surface area contributed by atoms with Crippen LogP contribution in [0.3, 0.4) is 0 Å². The van der Waals surface area contributed by atoms with Gasteiger partial charge in [0.1, 0.15) is 0 Å². The third-order valence-corrected chi connectivity index (χ3v) is 4.62. The molecule has 0 saturated heterocycles. The van der Waals surface area contributed by atoms with Crippen molar-refractivity contribution in [3.63, 3.8) is 0 Å². The van der Waals surface area contributed by atoms with Crippen LogP contribution in [0.5, 0.6) is 0 Å². The van der Waals surface area contributed by atoms with Crippen molar-refractivity contribution in [3.05, 3.63) is 58.6 Å². The minimum Gasteiger partial charge on any atom is -0.326 e. The van der Waals surface area contributed by atoms with Crippen LogP contribution in [-0.4, -0.2) is 23.3 Å². The summed E-state index contributed by atoms with van der Waals surface area (Å²) in [6.07, 6.45) is 0.764. The van der Waals surface area contributed by atoms with Crippen LogP contribution in [0.1, 0.15) is 12.8 Å². The average molecular weight is 397 g/mol. The molecule has 2 aromatic carbocycles. The first-order valence-corrected chi connectivity index (χ1v) is 9.62. The number of amides is 2. The van der Waals surface area contributed by atoms with Gasteiger partial charge in [-0.2, -0.15) is 11.8 Å². The lowest BCUT2D eigenvalue weighted by atomic mass is 10.3. The van der Waals surface area contributed by atoms with E-state index in [-0.39, 0.29) is 11.8 Å². The van der Waals surface area contributed by atoms with Gasteiger partial charge in [-0.05, 0) is 36.4 Å². The van der Waals surface area contributed by atoms with Gasteiger partial charge in [-0.15, -0.1) is 0 Å². The highest BCUT2D eigenvalue weighted by Crippen LogP contribution is 2.16. The van der Waals surface area contributed by atoms with Crippen LogP contribution >= 0.6 is 35.0 Å². The van der Waals surface area contributed by atoms with Crippen molar-refractivity contribution in [1.82, 2.24) is 0 Å². The molecule has 0 fully saturated rings. The summed E-state index contributed by atoms with van der Waals surface area (Å²) in [5.74, 6) is 1.16. The van der Waals surface area contributed by atoms with E-state index in [9.17, 15) is 9.59 Å². The molecule has 2 amide bonds. The summed E-state index contributed by atoms with van der Waals surface area (Å²) in [4.78, 5) is 23.7. The molecule has 0 aliphatic carbocycles. The van der Waals surface area contributed by atoms with Gasteiger partial charge >= 0.3 is 0 Å². The Hall–Kier alpha value is -1.69. The number of carbonyl (C=O) groups excluding carboxylic acids is 2. The van der Waals surface area contributed by atoms with Gasteiger partial charge < -0.3 is 10.6 Å². The smallest absolute Gasteiger partial charge is 0.225 e. The fraction of sp³-hybridized carbons (Fsp3) is 0.222. The Bertz CT molecular complexity index is 679. The van der Waals surface area contributed by atoms with Crippen LogP contribution in [0, 0.1) is 0 Å². The van der Waals surface area contributed by atoms with Crippen LogP contribution in [0.2, 0.25) is 10.0 Å². The maximum atomic E-state index is 11.8. The van der Waals surface area contributed by atoms with E-state index in [1.165, 1.54) is 0 Å². The minimum absolute atomic E-state index is 0.0712. The highest BCUT2D eigenvalue weighted by atomic mass is 35.5. The highest BCUT2D eigenvalue weighted by Gasteiger charge is 2.05. The molecule has 0 atom stereocenters. The van der Waals surface area contributed by atoms with E-state index in [2.05, 4.69) is 10.6 Å². The van der Waals surface area contributed by atoms with Crippen molar-refractivity contribution in [1.29, 1.82) is 0 Å². The summed E-state index contributed by atoms with van der Waals surface area (Å²) in [5, 5.41) is 6.75. The molecule has 0 bridgehead atoms. The molecule has 0 aliphatic heterocycles. The van der Waals surface area contributed by atoms with Crippen molar-refractivity contribution in [2.75, 3.05) is 22.1 Å². The van der Waals surface area contributed by atoms with Gasteiger partial charge in [0.25, 0.3) is 0 Å². The van der Waals surface area contributed by atoms with Crippen molar-refractivity contribution >= 4 is 58.2 Å². The minimum atomic E-state index is -0.0712. The molecule has 0 unspecified atom stereocenters. The second-order valence-electron chi connectivity index (χ2n) is 5.23. The number of hydrogen-bond acceptors (Lipinski definition) is 3. The molecule has 4 nitrogen and oxygen atoms in total. The van der Waals surface area contributed by atoms with Crippen molar-refractivity contribution < 1.29 is 9.59 Å². The Morgan fingerprint density at radius 1 is 0.800 bits per heavy atom. The maximum Gasteiger partial charge on any atom is 0.225 e. The third kappa shape index (κ3) is 7.82. The number of halogens is 2. The standard InChI is InChI=1S/C18H18Cl2N2O2S/c19-13-3-1-5-15(11-13)21-17(23)7-9-25-10-8-18(24)22-16-6-2-4-14(20)12-16/h1-6,11-12H,7-10H2,(H,21,23)(H,22,24). The average Bonchev–Trinajstić information content (AvgIpc) is 2.54. The molecule has 2 aromatic rings. The molecule has 0 aromatic heterocycles. The van der Waals surface area contributed by atoms with Crippen molar-refractivity contribution in [2.24, 2.45) is 0 Å². The first-order valence-electron chi connectivity index (χ1n) is 7.71. The van der Waals surface area contributed by atoms with Crippen LogP contribution in [0.15, 0.2) is 48.5 Å². The molecule has 7 heteroatoms. The topological polar surface area (TPSA) is 58.2 Å². The molecule has 25 heavy (non-hydrogen) atoms. The van der Waals surface area contributed by atoms with E-state index in [1.54, 1.807) is 60.3 Å². The number of hydrogen-bond donors (Lipinski definition) is 2. The molecule has 132 valence electrons. The zero-order valence-electron chi connectivity index (χ0n) is 13.4. The predicted octanol–water partition coefficient (Wildman–Crippen LogP) is 5.08. The summed E-state index contributed by atoms with van der Waals surface area (Å²) >= 11 is 13.3. The zero-order chi connectivity index (χ0) is 18.1. The third-order valence-electron chi connectivity index (χ3n) is 3.16. The van der Waals surface area contributed by atoms with E-state index in [0.717, 1.165) is 0 Å². The number of anilines is 2. The van der Waals surface area contributed by atoms with Gasteiger partial charge in [0.15, 0.2) is 0 Å². The second kappa shape index (κ2) is 10.3. The largest absolute Gasteiger partial charge is 0.326 e. The number of benzene rings is 2. The molecule has 0 spiro atoms. The molecule has 0 aliphatic rings. The summed E-state index contributed by atoms with van der Waals surface area (Å²) in [6.45, 7) is 0. The Labute approximate surface area is 161 Å². The molecule has 0 radical (unpaired) electrons. The number of rotatable bonds is 8. The number of nitrogens with one attached hydrogen (secondary N) is 2. The lowest BCUT2D eigenvalue weighted by Gasteiger charge is -2.06. The summed E-state index contributed by atoms with van der Waals surface area (Å²) in [7, 11) is 0. The summed E-state index contributed by atoms with van der Waals surface area (Å²) in [5.41, 5.74) is 1.37. The van der Waals surface area contributed by atoms with E-state index < -0.39 is 0 Å². The first kappa shape index (κ1) is 19.6. The zero-order valence-corrected chi connectivity index (χ0v) is 15.8. The Kier molecular flexibility index (Phi) is 8.12. The fourth-order valence-electron chi connectivity index (χ4n) is 2.01. The molecular weight excluding hydrogens is 379 g/mol. The molecule has 2 rings (SSSR count). The Balaban J connectivity index is 1.59. The normalized spacial score (nSPS) is 10.3. The van der Waals surface area contributed by atoms with E-state index >= 15 is 0 Å². The van der Waals surface area contributed by atoms with Gasteiger partial charge in [0, 0.05) is 45.8 Å². The van der Waals surface area contributed by atoms with Gasteiger partial charge in [0.05, 0.1) is 0 Å². The monoisotopic (exact) mass is 396 g/mol. The second-order valence-corrected chi connectivity index (χ2v) is 7.33. The fourth-order valence-corrected chi connectivity index (χ4v) is 3.26. The summed E-state index contributed by atoms with van der Waals surface area (Å²) < 4.78 is 0. The van der Waals surface area contributed by atoms with Crippen LogP contribution in [0.25, 0.3) is 0 Å². The number of thioether (sulfide) groups is 1. The van der Waals surface area contributed by atoms with Crippen LogP contribution in [0.4, 0.5) is 11.4 Å². The van der Waals surface area contributed by atoms with Gasteiger partial charge in [-0.25, -0.2) is 0 Å². The van der Waals surface area contributed by atoms with Gasteiger partial charge in [0.2, 0.25) is 11.8 Å². The predicted molar refractivity (Wildman–Crippen MR) is 107 cm³/mol. The van der Waals surface area contributed by atoms with Gasteiger partial charge in [-0.3, -0.25) is 9.59 Å². The lowest BCUT2D eigenvalue weighted by Crippen LogP contribution is -2.14. The SMILES string of the molecule is O=C(CCSCCC(=O)Nc1cccc(Cl)c1)Nc1cccc(Cl)c1. The molecular formula is C18H18Cl2N2O2S. The number of carbonyl (C=O) groups is 2. The van der Waals surface area contributed by atoms with E-state index in [4.69, 9.17) is 23.2 Å². The molecule has 0 heterocycles.